The molecule has 0 aromatic carbocycles. The molecule has 2 amide bonds. The minimum absolute atomic E-state index is 0.0361. The third-order valence-corrected chi connectivity index (χ3v) is 8.61. The van der Waals surface area contributed by atoms with Crippen LogP contribution in [0.25, 0.3) is 0 Å². The first kappa shape index (κ1) is 21.2. The van der Waals surface area contributed by atoms with Crippen molar-refractivity contribution in [2.75, 3.05) is 45.9 Å². The van der Waals surface area contributed by atoms with Crippen LogP contribution < -0.4 is 0 Å². The summed E-state index contributed by atoms with van der Waals surface area (Å²) in [5, 5.41) is 0. The molecule has 0 radical (unpaired) electrons. The van der Waals surface area contributed by atoms with E-state index in [9.17, 15) is 18.0 Å². The van der Waals surface area contributed by atoms with E-state index >= 15 is 0 Å². The molecule has 0 aromatic heterocycles. The molecule has 29 heavy (non-hydrogen) atoms. The predicted molar refractivity (Wildman–Crippen MR) is 106 cm³/mol. The van der Waals surface area contributed by atoms with E-state index in [1.165, 1.54) is 13.5 Å². The van der Waals surface area contributed by atoms with Crippen LogP contribution in [-0.4, -0.2) is 96.8 Å². The lowest BCUT2D eigenvalue weighted by molar-refractivity contribution is -0.142. The quantitative estimate of drug-likeness (QED) is 0.590. The summed E-state index contributed by atoms with van der Waals surface area (Å²) in [6.45, 7) is 6.55. The van der Waals surface area contributed by atoms with Gasteiger partial charge >= 0.3 is 0 Å². The normalized spacial score (nSPS) is 35.9. The lowest BCUT2D eigenvalue weighted by atomic mass is 9.81. The molecule has 10 heteroatoms. The molecule has 4 atom stereocenters. The second-order valence-corrected chi connectivity index (χ2v) is 10.8. The number of hydrogen-bond donors (Lipinski definition) is 0. The highest BCUT2D eigenvalue weighted by atomic mass is 32.2. The van der Waals surface area contributed by atoms with Crippen molar-refractivity contribution >= 4 is 22.0 Å². The van der Waals surface area contributed by atoms with Crippen LogP contribution in [0.3, 0.4) is 0 Å². The number of morpholine rings is 1. The maximum atomic E-state index is 13.0. The summed E-state index contributed by atoms with van der Waals surface area (Å²) < 4.78 is 34.7. The van der Waals surface area contributed by atoms with Crippen LogP contribution >= 0.6 is 0 Å². The van der Waals surface area contributed by atoms with E-state index in [1.54, 1.807) is 0 Å². The Kier molecular flexibility index (Phi) is 6.00. The molecule has 3 saturated heterocycles. The third kappa shape index (κ3) is 4.10. The maximum absolute atomic E-state index is 13.0. The Morgan fingerprint density at radius 1 is 0.862 bits per heavy atom. The van der Waals surface area contributed by atoms with Gasteiger partial charge in [-0.3, -0.25) is 19.4 Å². The smallest absolute Gasteiger partial charge is 0.282 e. The van der Waals surface area contributed by atoms with Gasteiger partial charge in [-0.2, -0.15) is 17.0 Å². The molecule has 4 fully saturated rings. The van der Waals surface area contributed by atoms with Crippen LogP contribution in [0.2, 0.25) is 0 Å². The number of likely N-dealkylation sites (tertiary alicyclic amines) is 1. The second-order valence-electron chi connectivity index (χ2n) is 8.84. The molecule has 0 bridgehead atoms. The summed E-state index contributed by atoms with van der Waals surface area (Å²) in [4.78, 5) is 28.8. The first-order valence-electron chi connectivity index (χ1n) is 10.8. The standard InChI is InChI=1S/C19H32N4O5S/c1-14-11-22(12-15(2)28-14)29(26,27)21-9-7-20(8-10-21)13-23-18(24)16-5-3-4-6-17(16)19(23)25/h14-17H,3-13H2,1-2H3/t14-,15+,16-,17-/m1/s1. The minimum Gasteiger partial charge on any atom is -0.373 e. The number of amides is 2. The van der Waals surface area contributed by atoms with E-state index in [0.29, 0.717) is 39.3 Å². The summed E-state index contributed by atoms with van der Waals surface area (Å²) in [5.74, 6) is -0.344. The van der Waals surface area contributed by atoms with Crippen molar-refractivity contribution in [2.24, 2.45) is 11.8 Å². The van der Waals surface area contributed by atoms with E-state index in [-0.39, 0.29) is 42.5 Å². The maximum Gasteiger partial charge on any atom is 0.282 e. The van der Waals surface area contributed by atoms with Crippen molar-refractivity contribution < 1.29 is 22.7 Å². The zero-order valence-corrected chi connectivity index (χ0v) is 18.1. The number of nitrogens with zero attached hydrogens (tertiary/aromatic N) is 4. The second kappa shape index (κ2) is 8.22. The number of carbonyl (C=O) groups excluding carboxylic acids is 2. The van der Waals surface area contributed by atoms with Gasteiger partial charge in [-0.25, -0.2) is 0 Å². The summed E-state index contributed by atoms with van der Waals surface area (Å²) in [5.41, 5.74) is 0. The first-order valence-corrected chi connectivity index (χ1v) is 12.2. The largest absolute Gasteiger partial charge is 0.373 e. The fraction of sp³-hybridized carbons (Fsp3) is 0.895. The highest BCUT2D eigenvalue weighted by Gasteiger charge is 2.48. The van der Waals surface area contributed by atoms with E-state index in [0.717, 1.165) is 25.7 Å². The van der Waals surface area contributed by atoms with Gasteiger partial charge in [0, 0.05) is 39.3 Å². The fourth-order valence-corrected chi connectivity index (χ4v) is 6.90. The van der Waals surface area contributed by atoms with Gasteiger partial charge in [-0.05, 0) is 26.7 Å². The van der Waals surface area contributed by atoms with E-state index in [1.807, 2.05) is 18.7 Å². The molecule has 164 valence electrons. The van der Waals surface area contributed by atoms with Gasteiger partial charge in [0.15, 0.2) is 0 Å². The third-order valence-electron chi connectivity index (χ3n) is 6.64. The van der Waals surface area contributed by atoms with Crippen LogP contribution in [0.15, 0.2) is 0 Å². The number of hydrogen-bond acceptors (Lipinski definition) is 6. The van der Waals surface area contributed by atoms with Gasteiger partial charge < -0.3 is 4.74 Å². The van der Waals surface area contributed by atoms with Crippen molar-refractivity contribution in [3.05, 3.63) is 0 Å². The summed E-state index contributed by atoms with van der Waals surface area (Å²) >= 11 is 0. The van der Waals surface area contributed by atoms with Gasteiger partial charge in [0.05, 0.1) is 30.7 Å². The topological polar surface area (TPSA) is 90.5 Å². The highest BCUT2D eigenvalue weighted by Crippen LogP contribution is 2.38. The number of fused-ring (bicyclic) bond motifs is 1. The molecule has 3 aliphatic heterocycles. The van der Waals surface area contributed by atoms with Crippen molar-refractivity contribution in [3.8, 4) is 0 Å². The van der Waals surface area contributed by atoms with Crippen LogP contribution in [-0.2, 0) is 24.5 Å². The van der Waals surface area contributed by atoms with Gasteiger partial charge in [-0.1, -0.05) is 12.8 Å². The van der Waals surface area contributed by atoms with Crippen LogP contribution in [0, 0.1) is 11.8 Å². The molecular weight excluding hydrogens is 396 g/mol. The van der Waals surface area contributed by atoms with Crippen molar-refractivity contribution in [2.45, 2.75) is 51.7 Å². The lowest BCUT2D eigenvalue weighted by Crippen LogP contribution is -2.58. The Morgan fingerprint density at radius 3 is 1.90 bits per heavy atom. The number of imide groups is 1. The number of carbonyl (C=O) groups is 2. The Morgan fingerprint density at radius 2 is 1.38 bits per heavy atom. The van der Waals surface area contributed by atoms with Crippen LogP contribution in [0.4, 0.5) is 0 Å². The SMILES string of the molecule is C[C@@H]1CN(S(=O)(=O)N2CCN(CN3C(=O)[C@@H]4CCCC[C@H]4C3=O)CC2)C[C@H](C)O1. The van der Waals surface area contributed by atoms with E-state index in [4.69, 9.17) is 4.74 Å². The molecular formula is C19H32N4O5S. The van der Waals surface area contributed by atoms with Crippen molar-refractivity contribution in [1.29, 1.82) is 0 Å². The van der Waals surface area contributed by atoms with Crippen molar-refractivity contribution in [1.82, 2.24) is 18.4 Å². The van der Waals surface area contributed by atoms with Crippen molar-refractivity contribution in [3.63, 3.8) is 0 Å². The Labute approximate surface area is 173 Å². The van der Waals surface area contributed by atoms with Gasteiger partial charge in [-0.15, -0.1) is 0 Å². The number of rotatable bonds is 4. The Bertz CT molecular complexity index is 718. The molecule has 0 unspecified atom stereocenters. The molecule has 0 spiro atoms. The molecule has 4 rings (SSSR count). The molecule has 1 aliphatic carbocycles. The molecule has 9 nitrogen and oxygen atoms in total. The number of piperazine rings is 1. The lowest BCUT2D eigenvalue weighted by Gasteiger charge is -2.40. The minimum atomic E-state index is -3.53. The fourth-order valence-electron chi connectivity index (χ4n) is 5.15. The van der Waals surface area contributed by atoms with E-state index in [2.05, 4.69) is 0 Å². The molecule has 0 N–H and O–H groups in total. The molecule has 1 saturated carbocycles. The summed E-state index contributed by atoms with van der Waals surface area (Å²) in [7, 11) is -3.53. The number of ether oxygens (including phenoxy) is 1. The monoisotopic (exact) mass is 428 g/mol. The summed E-state index contributed by atoms with van der Waals surface area (Å²) in [6.07, 6.45) is 3.42. The van der Waals surface area contributed by atoms with Gasteiger partial charge in [0.25, 0.3) is 10.2 Å². The average Bonchev–Trinajstić information content (AvgIpc) is 2.93. The summed E-state index contributed by atoms with van der Waals surface area (Å²) in [6, 6.07) is 0. The first-order chi connectivity index (χ1) is 13.8. The van der Waals surface area contributed by atoms with Gasteiger partial charge in [0.2, 0.25) is 11.8 Å². The predicted octanol–water partition coefficient (Wildman–Crippen LogP) is 0.0907. The average molecular weight is 429 g/mol. The van der Waals surface area contributed by atoms with Crippen LogP contribution in [0.5, 0.6) is 0 Å². The molecule has 4 aliphatic rings. The zero-order valence-electron chi connectivity index (χ0n) is 17.3. The van der Waals surface area contributed by atoms with Gasteiger partial charge in [0.1, 0.15) is 0 Å². The zero-order chi connectivity index (χ0) is 20.8. The van der Waals surface area contributed by atoms with E-state index < -0.39 is 10.2 Å². The molecule has 0 aromatic rings. The Balaban J connectivity index is 1.34. The highest BCUT2D eigenvalue weighted by molar-refractivity contribution is 7.86. The molecule has 3 heterocycles. The Hall–Kier alpha value is -1.07. The van der Waals surface area contributed by atoms with Crippen LogP contribution in [0.1, 0.15) is 39.5 Å².